The van der Waals surface area contributed by atoms with Gasteiger partial charge >= 0.3 is 11.9 Å². The lowest BCUT2D eigenvalue weighted by Crippen LogP contribution is -2.49. The van der Waals surface area contributed by atoms with Gasteiger partial charge in [0.25, 0.3) is 0 Å². The number of hydrogen-bond acceptors (Lipinski definition) is 5. The molecule has 0 radical (unpaired) electrons. The molecule has 5 nitrogen and oxygen atoms in total. The van der Waals surface area contributed by atoms with Gasteiger partial charge in [0, 0.05) is 17.6 Å². The summed E-state index contributed by atoms with van der Waals surface area (Å²) in [6, 6.07) is 8.16. The van der Waals surface area contributed by atoms with Crippen molar-refractivity contribution in [1.82, 2.24) is 0 Å². The van der Waals surface area contributed by atoms with Gasteiger partial charge in [0.2, 0.25) is 0 Å². The highest BCUT2D eigenvalue weighted by atomic mass is 16.5. The van der Waals surface area contributed by atoms with E-state index in [-0.39, 0.29) is 5.41 Å². The molecular formula is C18H21NO4. The molecule has 0 aromatic heterocycles. The van der Waals surface area contributed by atoms with E-state index in [9.17, 15) is 9.59 Å². The lowest BCUT2D eigenvalue weighted by Gasteiger charge is -2.43. The Morgan fingerprint density at radius 3 is 2.39 bits per heavy atom. The molecule has 1 fully saturated rings. The minimum atomic E-state index is -1.38. The molecule has 1 aliphatic heterocycles. The average Bonchev–Trinajstić information content (AvgIpc) is 2.93. The molecule has 1 unspecified atom stereocenters. The third-order valence-corrected chi connectivity index (χ3v) is 5.32. The first-order valence-corrected chi connectivity index (χ1v) is 7.69. The van der Waals surface area contributed by atoms with E-state index in [0.29, 0.717) is 24.8 Å². The third kappa shape index (κ3) is 2.06. The van der Waals surface area contributed by atoms with E-state index in [1.165, 1.54) is 19.8 Å². The van der Waals surface area contributed by atoms with Crippen LogP contribution in [-0.4, -0.2) is 32.7 Å². The topological polar surface area (TPSA) is 64.6 Å². The third-order valence-electron chi connectivity index (χ3n) is 5.32. The molecule has 2 aliphatic rings. The predicted molar refractivity (Wildman–Crippen MR) is 86.1 cm³/mol. The summed E-state index contributed by atoms with van der Waals surface area (Å²) in [4.78, 5) is 24.7. The van der Waals surface area contributed by atoms with Crippen LogP contribution >= 0.6 is 0 Å². The Morgan fingerprint density at radius 2 is 1.78 bits per heavy atom. The Balaban J connectivity index is 1.98. The second-order valence-corrected chi connectivity index (χ2v) is 6.35. The molecule has 1 heterocycles. The first kappa shape index (κ1) is 15.6. The molecule has 5 heteroatoms. The van der Waals surface area contributed by atoms with Crippen LogP contribution in [0.1, 0.15) is 24.8 Å². The van der Waals surface area contributed by atoms with Gasteiger partial charge in [-0.15, -0.1) is 0 Å². The summed E-state index contributed by atoms with van der Waals surface area (Å²) in [5.74, 6) is -1.16. The zero-order chi connectivity index (χ0) is 16.7. The highest BCUT2D eigenvalue weighted by Crippen LogP contribution is 2.54. The number of para-hydroxylation sites is 1. The minimum absolute atomic E-state index is 0.126. The van der Waals surface area contributed by atoms with E-state index in [0.717, 1.165) is 12.2 Å². The number of nitrogens with one attached hydrogen (secondary N) is 1. The fourth-order valence-electron chi connectivity index (χ4n) is 4.02. The van der Waals surface area contributed by atoms with Crippen molar-refractivity contribution in [2.45, 2.75) is 24.7 Å². The molecule has 3 rings (SSSR count). The Morgan fingerprint density at radius 1 is 1.13 bits per heavy atom. The molecule has 0 bridgehead atoms. The van der Waals surface area contributed by atoms with Crippen LogP contribution in [0.3, 0.4) is 0 Å². The standard InChI is InChI=1S/C18H21NO4/c1-12-10-17(11-19-14-7-5-4-6-13(14)17)8-9-18(12,15(20)22-2)16(21)23-3/h4-7,19H,1,8-11H2,2-3H3. The smallest absolute Gasteiger partial charge is 0.327 e. The van der Waals surface area contributed by atoms with Crippen molar-refractivity contribution >= 4 is 17.6 Å². The molecule has 0 amide bonds. The van der Waals surface area contributed by atoms with Crippen molar-refractivity contribution in [3.63, 3.8) is 0 Å². The lowest BCUT2D eigenvalue weighted by molar-refractivity contribution is -0.167. The number of methoxy groups -OCH3 is 2. The number of carbonyl (C=O) groups is 2. The van der Waals surface area contributed by atoms with E-state index in [1.807, 2.05) is 12.1 Å². The van der Waals surface area contributed by atoms with Crippen LogP contribution in [0, 0.1) is 5.41 Å². The second kappa shape index (κ2) is 5.41. The van der Waals surface area contributed by atoms with Crippen LogP contribution in [0.4, 0.5) is 5.69 Å². The molecule has 23 heavy (non-hydrogen) atoms. The van der Waals surface area contributed by atoms with Gasteiger partial charge in [0.15, 0.2) is 5.41 Å². The van der Waals surface area contributed by atoms with Gasteiger partial charge in [-0.2, -0.15) is 0 Å². The van der Waals surface area contributed by atoms with Gasteiger partial charge in [0.1, 0.15) is 0 Å². The predicted octanol–water partition coefficient (Wildman–Crippen LogP) is 2.42. The van der Waals surface area contributed by atoms with Gasteiger partial charge < -0.3 is 14.8 Å². The number of esters is 2. The number of benzene rings is 1. The highest BCUT2D eigenvalue weighted by molar-refractivity contribution is 6.03. The summed E-state index contributed by atoms with van der Waals surface area (Å²) < 4.78 is 9.78. The summed E-state index contributed by atoms with van der Waals surface area (Å²) >= 11 is 0. The molecule has 1 N–H and O–H groups in total. The summed E-state index contributed by atoms with van der Waals surface area (Å²) in [6.07, 6.45) is 1.60. The van der Waals surface area contributed by atoms with Crippen molar-refractivity contribution in [2.24, 2.45) is 5.41 Å². The first-order chi connectivity index (χ1) is 11.0. The van der Waals surface area contributed by atoms with Crippen molar-refractivity contribution in [1.29, 1.82) is 0 Å². The van der Waals surface area contributed by atoms with Crippen molar-refractivity contribution in [3.05, 3.63) is 42.0 Å². The van der Waals surface area contributed by atoms with Gasteiger partial charge in [0.05, 0.1) is 14.2 Å². The summed E-state index contributed by atoms with van der Waals surface area (Å²) in [6.45, 7) is 4.85. The summed E-state index contributed by atoms with van der Waals surface area (Å²) in [5.41, 5.74) is 1.40. The number of anilines is 1. The van der Waals surface area contributed by atoms with Crippen LogP contribution in [0.2, 0.25) is 0 Å². The lowest BCUT2D eigenvalue weighted by atomic mass is 9.59. The molecule has 122 valence electrons. The number of carbonyl (C=O) groups excluding carboxylic acids is 2. The van der Waals surface area contributed by atoms with Crippen LogP contribution in [0.5, 0.6) is 0 Å². The molecule has 1 spiro atoms. The Labute approximate surface area is 135 Å². The maximum absolute atomic E-state index is 12.3. The molecular weight excluding hydrogens is 294 g/mol. The zero-order valence-electron chi connectivity index (χ0n) is 13.5. The molecule has 1 aromatic carbocycles. The Bertz CT molecular complexity index is 665. The number of hydrogen-bond donors (Lipinski definition) is 1. The quantitative estimate of drug-likeness (QED) is 0.516. The van der Waals surface area contributed by atoms with Crippen LogP contribution in [0.25, 0.3) is 0 Å². The normalized spacial score (nSPS) is 24.7. The number of ether oxygens (including phenoxy) is 2. The monoisotopic (exact) mass is 315 g/mol. The van der Waals surface area contributed by atoms with E-state index in [2.05, 4.69) is 24.0 Å². The maximum atomic E-state index is 12.3. The van der Waals surface area contributed by atoms with Gasteiger partial charge in [-0.1, -0.05) is 24.8 Å². The Hall–Kier alpha value is -2.30. The number of rotatable bonds is 2. The molecule has 1 saturated carbocycles. The summed E-state index contributed by atoms with van der Waals surface area (Å²) in [7, 11) is 2.58. The van der Waals surface area contributed by atoms with Crippen molar-refractivity contribution in [3.8, 4) is 0 Å². The second-order valence-electron chi connectivity index (χ2n) is 6.35. The van der Waals surface area contributed by atoms with Crippen molar-refractivity contribution < 1.29 is 19.1 Å². The van der Waals surface area contributed by atoms with Gasteiger partial charge in [-0.25, -0.2) is 0 Å². The fraction of sp³-hybridized carbons (Fsp3) is 0.444. The highest BCUT2D eigenvalue weighted by Gasteiger charge is 2.57. The van der Waals surface area contributed by atoms with Crippen LogP contribution < -0.4 is 5.32 Å². The average molecular weight is 315 g/mol. The molecule has 0 saturated heterocycles. The van der Waals surface area contributed by atoms with E-state index < -0.39 is 17.4 Å². The first-order valence-electron chi connectivity index (χ1n) is 7.69. The fourth-order valence-corrected chi connectivity index (χ4v) is 4.02. The Kier molecular flexibility index (Phi) is 3.66. The molecule has 1 atom stereocenters. The molecule has 1 aliphatic carbocycles. The van der Waals surface area contributed by atoms with Crippen LogP contribution in [0.15, 0.2) is 36.4 Å². The molecule has 1 aromatic rings. The zero-order valence-corrected chi connectivity index (χ0v) is 13.5. The van der Waals surface area contributed by atoms with Gasteiger partial charge in [-0.05, 0) is 36.5 Å². The van der Waals surface area contributed by atoms with E-state index >= 15 is 0 Å². The largest absolute Gasteiger partial charge is 0.468 e. The minimum Gasteiger partial charge on any atom is -0.468 e. The maximum Gasteiger partial charge on any atom is 0.327 e. The number of fused-ring (bicyclic) bond motifs is 2. The van der Waals surface area contributed by atoms with Crippen LogP contribution in [-0.2, 0) is 24.5 Å². The van der Waals surface area contributed by atoms with Crippen molar-refractivity contribution in [2.75, 3.05) is 26.1 Å². The summed E-state index contributed by atoms with van der Waals surface area (Å²) in [5, 5.41) is 3.42. The van der Waals surface area contributed by atoms with E-state index in [1.54, 1.807) is 0 Å². The van der Waals surface area contributed by atoms with E-state index in [4.69, 9.17) is 9.47 Å². The SMILES string of the molecule is C=C1CC2(CCC1(C(=O)OC)C(=O)OC)CNc1ccccc12. The van der Waals surface area contributed by atoms with Gasteiger partial charge in [-0.3, -0.25) is 9.59 Å².